The Balaban J connectivity index is 1.59. The lowest BCUT2D eigenvalue weighted by Gasteiger charge is -2.21. The van der Waals surface area contributed by atoms with E-state index < -0.39 is 0 Å². The molecular formula is C28H34N4O2. The van der Waals surface area contributed by atoms with Gasteiger partial charge in [-0.15, -0.1) is 0 Å². The van der Waals surface area contributed by atoms with Gasteiger partial charge in [-0.1, -0.05) is 0 Å². The topological polar surface area (TPSA) is 64.7 Å². The van der Waals surface area contributed by atoms with Crippen molar-refractivity contribution in [1.29, 1.82) is 0 Å². The average molecular weight is 459 g/mol. The standard InChI is InChI=1S/C28H34N4O2/c1-5-31(6-2)25-17-13-23(14-18-25)29-27(33)21-9-11-22(12-10-21)28(34)30-24-15-19-26(20-16-24)32(7-3)8-4/h9-20H,5-8H2,1-4H3,(H,29,33)(H,30,34). The van der Waals surface area contributed by atoms with Gasteiger partial charge in [-0.2, -0.15) is 0 Å². The zero-order valence-electron chi connectivity index (χ0n) is 20.5. The van der Waals surface area contributed by atoms with E-state index in [1.807, 2.05) is 48.5 Å². The van der Waals surface area contributed by atoms with Crippen molar-refractivity contribution in [3.05, 3.63) is 83.9 Å². The van der Waals surface area contributed by atoms with Crippen LogP contribution in [0.2, 0.25) is 0 Å². The van der Waals surface area contributed by atoms with Gasteiger partial charge in [-0.25, -0.2) is 0 Å². The largest absolute Gasteiger partial charge is 0.372 e. The first-order chi connectivity index (χ1) is 16.5. The number of amides is 2. The monoisotopic (exact) mass is 458 g/mol. The molecule has 2 amide bonds. The lowest BCUT2D eigenvalue weighted by Crippen LogP contribution is -2.21. The highest BCUT2D eigenvalue weighted by Crippen LogP contribution is 2.20. The SMILES string of the molecule is CCN(CC)c1ccc(NC(=O)c2ccc(C(=O)Nc3ccc(N(CC)CC)cc3)cc2)cc1. The third kappa shape index (κ3) is 6.16. The van der Waals surface area contributed by atoms with Crippen LogP contribution in [-0.2, 0) is 0 Å². The molecule has 3 aromatic rings. The second-order valence-electron chi connectivity index (χ2n) is 7.92. The highest BCUT2D eigenvalue weighted by atomic mass is 16.2. The molecule has 0 aliphatic rings. The lowest BCUT2D eigenvalue weighted by atomic mass is 10.1. The summed E-state index contributed by atoms with van der Waals surface area (Å²) in [6.07, 6.45) is 0. The van der Waals surface area contributed by atoms with Crippen molar-refractivity contribution in [2.45, 2.75) is 27.7 Å². The number of nitrogens with one attached hydrogen (secondary N) is 2. The molecule has 0 radical (unpaired) electrons. The van der Waals surface area contributed by atoms with E-state index in [0.29, 0.717) is 11.1 Å². The molecule has 6 nitrogen and oxygen atoms in total. The highest BCUT2D eigenvalue weighted by molar-refractivity contribution is 6.07. The molecule has 0 atom stereocenters. The summed E-state index contributed by atoms with van der Waals surface area (Å²) < 4.78 is 0. The van der Waals surface area contributed by atoms with Crippen LogP contribution in [0, 0.1) is 0 Å². The maximum Gasteiger partial charge on any atom is 0.255 e. The van der Waals surface area contributed by atoms with Crippen molar-refractivity contribution in [2.24, 2.45) is 0 Å². The van der Waals surface area contributed by atoms with Gasteiger partial charge in [0.25, 0.3) is 11.8 Å². The molecule has 0 saturated carbocycles. The van der Waals surface area contributed by atoms with Gasteiger partial charge in [-0.05, 0) is 100 Å². The van der Waals surface area contributed by atoms with E-state index in [4.69, 9.17) is 0 Å². The fraction of sp³-hybridized carbons (Fsp3) is 0.286. The first-order valence-corrected chi connectivity index (χ1v) is 11.9. The summed E-state index contributed by atoms with van der Waals surface area (Å²) in [6.45, 7) is 12.2. The van der Waals surface area contributed by atoms with Gasteiger partial charge in [0.2, 0.25) is 0 Å². The molecule has 0 aromatic heterocycles. The van der Waals surface area contributed by atoms with Crippen molar-refractivity contribution in [1.82, 2.24) is 0 Å². The zero-order valence-corrected chi connectivity index (χ0v) is 20.5. The Kier molecular flexibility index (Phi) is 8.68. The highest BCUT2D eigenvalue weighted by Gasteiger charge is 2.11. The maximum absolute atomic E-state index is 12.6. The van der Waals surface area contributed by atoms with Crippen LogP contribution in [0.5, 0.6) is 0 Å². The molecule has 2 N–H and O–H groups in total. The van der Waals surface area contributed by atoms with Gasteiger partial charge in [-0.3, -0.25) is 9.59 Å². The normalized spacial score (nSPS) is 10.5. The number of nitrogens with zero attached hydrogens (tertiary/aromatic N) is 2. The third-order valence-corrected chi connectivity index (χ3v) is 5.92. The number of hydrogen-bond donors (Lipinski definition) is 2. The summed E-state index contributed by atoms with van der Waals surface area (Å²) in [6, 6.07) is 22.3. The van der Waals surface area contributed by atoms with Crippen LogP contribution in [-0.4, -0.2) is 38.0 Å². The predicted octanol–water partition coefficient (Wildman–Crippen LogP) is 5.88. The number of rotatable bonds is 10. The van der Waals surface area contributed by atoms with Crippen LogP contribution >= 0.6 is 0 Å². The van der Waals surface area contributed by atoms with Crippen molar-refractivity contribution in [2.75, 3.05) is 46.6 Å². The lowest BCUT2D eigenvalue weighted by molar-refractivity contribution is 0.101. The fourth-order valence-electron chi connectivity index (χ4n) is 3.87. The molecule has 0 saturated heterocycles. The molecule has 0 bridgehead atoms. The van der Waals surface area contributed by atoms with Gasteiger partial charge < -0.3 is 20.4 Å². The van der Waals surface area contributed by atoms with Crippen LogP contribution in [0.3, 0.4) is 0 Å². The van der Waals surface area contributed by atoms with Gasteiger partial charge in [0.15, 0.2) is 0 Å². The van der Waals surface area contributed by atoms with Crippen LogP contribution in [0.1, 0.15) is 48.4 Å². The number of benzene rings is 3. The minimum atomic E-state index is -0.213. The van der Waals surface area contributed by atoms with Crippen LogP contribution in [0.25, 0.3) is 0 Å². The maximum atomic E-state index is 12.6. The Hall–Kier alpha value is -3.80. The molecule has 0 aliphatic heterocycles. The first-order valence-electron chi connectivity index (χ1n) is 11.9. The summed E-state index contributed by atoms with van der Waals surface area (Å²) in [4.78, 5) is 29.7. The summed E-state index contributed by atoms with van der Waals surface area (Å²) in [5.41, 5.74) is 4.70. The smallest absolute Gasteiger partial charge is 0.255 e. The Morgan fingerprint density at radius 1 is 0.529 bits per heavy atom. The molecule has 3 aromatic carbocycles. The molecule has 178 valence electrons. The number of carbonyl (C=O) groups is 2. The van der Waals surface area contributed by atoms with Gasteiger partial charge in [0.1, 0.15) is 0 Å². The number of carbonyl (C=O) groups excluding carboxylic acids is 2. The summed E-state index contributed by atoms with van der Waals surface area (Å²) in [5.74, 6) is -0.427. The van der Waals surface area contributed by atoms with Gasteiger partial charge >= 0.3 is 0 Å². The van der Waals surface area contributed by atoms with E-state index in [-0.39, 0.29) is 11.8 Å². The van der Waals surface area contributed by atoms with Crippen LogP contribution in [0.4, 0.5) is 22.7 Å². The van der Waals surface area contributed by atoms with E-state index in [9.17, 15) is 9.59 Å². The van der Waals surface area contributed by atoms with E-state index in [1.165, 1.54) is 0 Å². The molecule has 0 aliphatic carbocycles. The predicted molar refractivity (Wildman–Crippen MR) is 142 cm³/mol. The second-order valence-corrected chi connectivity index (χ2v) is 7.92. The number of hydrogen-bond acceptors (Lipinski definition) is 4. The fourth-order valence-corrected chi connectivity index (χ4v) is 3.87. The van der Waals surface area contributed by atoms with Crippen molar-refractivity contribution in [3.8, 4) is 0 Å². The van der Waals surface area contributed by atoms with Gasteiger partial charge in [0, 0.05) is 60.1 Å². The second kappa shape index (κ2) is 11.9. The number of anilines is 4. The molecule has 6 heteroatoms. The molecule has 0 heterocycles. The molecule has 0 fully saturated rings. The van der Waals surface area contributed by atoms with Crippen LogP contribution < -0.4 is 20.4 Å². The van der Waals surface area contributed by atoms with Crippen molar-refractivity contribution < 1.29 is 9.59 Å². The minimum absolute atomic E-state index is 0.213. The van der Waals surface area contributed by atoms with E-state index in [0.717, 1.165) is 48.9 Å². The summed E-state index contributed by atoms with van der Waals surface area (Å²) >= 11 is 0. The van der Waals surface area contributed by atoms with E-state index >= 15 is 0 Å². The Morgan fingerprint density at radius 2 is 0.824 bits per heavy atom. The Labute approximate surface area is 202 Å². The first kappa shape index (κ1) is 24.8. The van der Waals surface area contributed by atoms with E-state index in [1.54, 1.807) is 24.3 Å². The zero-order chi connectivity index (χ0) is 24.5. The molecule has 0 spiro atoms. The quantitative estimate of drug-likeness (QED) is 0.398. The average Bonchev–Trinajstić information content (AvgIpc) is 2.87. The van der Waals surface area contributed by atoms with E-state index in [2.05, 4.69) is 48.1 Å². The summed E-state index contributed by atoms with van der Waals surface area (Å²) in [7, 11) is 0. The third-order valence-electron chi connectivity index (χ3n) is 5.92. The molecule has 0 unspecified atom stereocenters. The Bertz CT molecular complexity index is 980. The Morgan fingerprint density at radius 3 is 1.09 bits per heavy atom. The summed E-state index contributed by atoms with van der Waals surface area (Å²) in [5, 5.41) is 5.82. The van der Waals surface area contributed by atoms with Crippen molar-refractivity contribution >= 4 is 34.6 Å². The minimum Gasteiger partial charge on any atom is -0.372 e. The van der Waals surface area contributed by atoms with Crippen molar-refractivity contribution in [3.63, 3.8) is 0 Å². The molecular weight excluding hydrogens is 424 g/mol. The molecule has 3 rings (SSSR count). The molecule has 34 heavy (non-hydrogen) atoms. The van der Waals surface area contributed by atoms with Gasteiger partial charge in [0.05, 0.1) is 0 Å². The van der Waals surface area contributed by atoms with Crippen LogP contribution in [0.15, 0.2) is 72.8 Å².